The molecule has 0 unspecified atom stereocenters. The average Bonchev–Trinajstić information content (AvgIpc) is 2.30. The van der Waals surface area contributed by atoms with Crippen LogP contribution in [0, 0.1) is 8.99 Å². The molecular weight excluding hydrogens is 263 g/mol. The number of hydrogen-bond donors (Lipinski definition) is 0. The van der Waals surface area contributed by atoms with E-state index in [0.29, 0.717) is 5.41 Å². The van der Waals surface area contributed by atoms with Gasteiger partial charge in [0.05, 0.1) is 9.77 Å². The zero-order chi connectivity index (χ0) is 9.19. The molecule has 1 rings (SSSR count). The predicted octanol–water partition coefficient (Wildman–Crippen LogP) is 2.92. The molecule has 68 valence electrons. The van der Waals surface area contributed by atoms with Gasteiger partial charge in [-0.1, -0.05) is 20.8 Å². The summed E-state index contributed by atoms with van der Waals surface area (Å²) < 4.78 is 3.22. The molecule has 1 heterocycles. The first-order valence-corrected chi connectivity index (χ1v) is 5.23. The Hall–Kier alpha value is -0.0600. The maximum atomic E-state index is 4.23. The fourth-order valence-corrected chi connectivity index (χ4v) is 1.36. The van der Waals surface area contributed by atoms with Crippen molar-refractivity contribution in [3.05, 3.63) is 16.0 Å². The second-order valence-electron chi connectivity index (χ2n) is 4.23. The number of nitrogens with zero attached hydrogens (tertiary/aromatic N) is 2. The van der Waals surface area contributed by atoms with Crippen LogP contribution in [0.2, 0.25) is 0 Å². The van der Waals surface area contributed by atoms with E-state index in [0.717, 1.165) is 6.54 Å². The molecule has 1 aromatic rings. The van der Waals surface area contributed by atoms with Crippen molar-refractivity contribution in [2.45, 2.75) is 33.7 Å². The fraction of sp³-hybridized carbons (Fsp3) is 0.667. The normalized spacial score (nSPS) is 12.0. The maximum absolute atomic E-state index is 4.23. The minimum Gasteiger partial charge on any atom is -0.272 e. The summed E-state index contributed by atoms with van der Waals surface area (Å²) in [5, 5.41) is 4.23. The van der Waals surface area contributed by atoms with E-state index in [-0.39, 0.29) is 0 Å². The average molecular weight is 278 g/mol. The number of rotatable bonds is 2. The topological polar surface area (TPSA) is 17.8 Å². The van der Waals surface area contributed by atoms with E-state index in [9.17, 15) is 0 Å². The van der Waals surface area contributed by atoms with Gasteiger partial charge in [0.15, 0.2) is 0 Å². The van der Waals surface area contributed by atoms with Crippen LogP contribution in [0.15, 0.2) is 12.4 Å². The summed E-state index contributed by atoms with van der Waals surface area (Å²) >= 11 is 2.28. The largest absolute Gasteiger partial charge is 0.272 e. The van der Waals surface area contributed by atoms with Crippen LogP contribution in [0.3, 0.4) is 0 Å². The Morgan fingerprint density at radius 2 is 2.17 bits per heavy atom. The van der Waals surface area contributed by atoms with E-state index in [2.05, 4.69) is 54.7 Å². The van der Waals surface area contributed by atoms with Crippen molar-refractivity contribution in [1.29, 1.82) is 0 Å². The summed E-state index contributed by atoms with van der Waals surface area (Å²) in [6.07, 6.45) is 5.14. The third-order valence-corrected chi connectivity index (χ3v) is 2.25. The highest BCUT2D eigenvalue weighted by molar-refractivity contribution is 14.1. The fourth-order valence-electron chi connectivity index (χ4n) is 0.911. The number of halogens is 1. The van der Waals surface area contributed by atoms with Crippen LogP contribution in [0.1, 0.15) is 27.2 Å². The van der Waals surface area contributed by atoms with Gasteiger partial charge in [0.2, 0.25) is 0 Å². The summed E-state index contributed by atoms with van der Waals surface area (Å²) in [4.78, 5) is 0. The SMILES string of the molecule is CC(C)(C)CCn1cc(I)cn1. The maximum Gasteiger partial charge on any atom is 0.0623 e. The van der Waals surface area contributed by atoms with Crippen molar-refractivity contribution in [1.82, 2.24) is 9.78 Å². The highest BCUT2D eigenvalue weighted by Crippen LogP contribution is 2.19. The number of aromatic nitrogens is 2. The minimum absolute atomic E-state index is 0.400. The van der Waals surface area contributed by atoms with Gasteiger partial charge in [0.1, 0.15) is 0 Å². The van der Waals surface area contributed by atoms with Gasteiger partial charge in [-0.25, -0.2) is 0 Å². The molecule has 0 radical (unpaired) electrons. The summed E-state index contributed by atoms with van der Waals surface area (Å²) in [5.41, 5.74) is 0.400. The van der Waals surface area contributed by atoms with Crippen molar-refractivity contribution in [3.63, 3.8) is 0 Å². The lowest BCUT2D eigenvalue weighted by atomic mass is 9.92. The van der Waals surface area contributed by atoms with Gasteiger partial charge in [-0.3, -0.25) is 4.68 Å². The Morgan fingerprint density at radius 1 is 1.50 bits per heavy atom. The smallest absolute Gasteiger partial charge is 0.0623 e. The van der Waals surface area contributed by atoms with E-state index in [1.807, 2.05) is 10.9 Å². The third-order valence-electron chi connectivity index (χ3n) is 1.69. The molecule has 0 fully saturated rings. The molecule has 0 bridgehead atoms. The molecule has 0 saturated carbocycles. The molecule has 3 heteroatoms. The number of aryl methyl sites for hydroxylation is 1. The van der Waals surface area contributed by atoms with Gasteiger partial charge >= 0.3 is 0 Å². The lowest BCUT2D eigenvalue weighted by molar-refractivity contribution is 0.341. The highest BCUT2D eigenvalue weighted by atomic mass is 127. The molecule has 0 N–H and O–H groups in total. The van der Waals surface area contributed by atoms with Crippen LogP contribution >= 0.6 is 22.6 Å². The third kappa shape index (κ3) is 3.56. The van der Waals surface area contributed by atoms with E-state index in [1.165, 1.54) is 9.99 Å². The van der Waals surface area contributed by atoms with Gasteiger partial charge in [0, 0.05) is 12.7 Å². The summed E-state index contributed by atoms with van der Waals surface area (Å²) in [6.45, 7) is 7.77. The van der Waals surface area contributed by atoms with Crippen LogP contribution in [0.5, 0.6) is 0 Å². The summed E-state index contributed by atoms with van der Waals surface area (Å²) in [6, 6.07) is 0. The highest BCUT2D eigenvalue weighted by Gasteiger charge is 2.09. The molecule has 1 aromatic heterocycles. The van der Waals surface area contributed by atoms with Crippen molar-refractivity contribution in [3.8, 4) is 0 Å². The van der Waals surface area contributed by atoms with Crippen LogP contribution in [-0.2, 0) is 6.54 Å². The van der Waals surface area contributed by atoms with Crippen LogP contribution in [0.25, 0.3) is 0 Å². The molecule has 2 nitrogen and oxygen atoms in total. The van der Waals surface area contributed by atoms with Gasteiger partial charge < -0.3 is 0 Å². The van der Waals surface area contributed by atoms with Crippen molar-refractivity contribution in [2.75, 3.05) is 0 Å². The minimum atomic E-state index is 0.400. The second-order valence-corrected chi connectivity index (χ2v) is 5.48. The number of hydrogen-bond acceptors (Lipinski definition) is 1. The zero-order valence-electron chi connectivity index (χ0n) is 7.84. The van der Waals surface area contributed by atoms with Crippen molar-refractivity contribution < 1.29 is 0 Å². The Kier molecular flexibility index (Phi) is 3.15. The molecule has 0 aliphatic rings. The van der Waals surface area contributed by atoms with Crippen LogP contribution in [-0.4, -0.2) is 9.78 Å². The van der Waals surface area contributed by atoms with Crippen LogP contribution in [0.4, 0.5) is 0 Å². The second kappa shape index (κ2) is 3.77. The molecule has 0 aromatic carbocycles. The van der Waals surface area contributed by atoms with Gasteiger partial charge in [-0.2, -0.15) is 5.10 Å². The molecule has 0 amide bonds. The summed E-state index contributed by atoms with van der Waals surface area (Å²) in [7, 11) is 0. The Labute approximate surface area is 87.5 Å². The lowest BCUT2D eigenvalue weighted by Gasteiger charge is -2.17. The predicted molar refractivity (Wildman–Crippen MR) is 59.0 cm³/mol. The Morgan fingerprint density at radius 3 is 2.58 bits per heavy atom. The van der Waals surface area contributed by atoms with Gasteiger partial charge in [-0.15, -0.1) is 0 Å². The Balaban J connectivity index is 2.44. The van der Waals surface area contributed by atoms with E-state index in [4.69, 9.17) is 0 Å². The summed E-state index contributed by atoms with van der Waals surface area (Å²) in [5.74, 6) is 0. The first-order valence-electron chi connectivity index (χ1n) is 4.15. The molecule has 0 aliphatic heterocycles. The first-order chi connectivity index (χ1) is 5.47. The molecule has 0 aliphatic carbocycles. The molecule has 0 spiro atoms. The van der Waals surface area contributed by atoms with Crippen LogP contribution < -0.4 is 0 Å². The quantitative estimate of drug-likeness (QED) is 0.760. The van der Waals surface area contributed by atoms with Gasteiger partial charge in [0.25, 0.3) is 0 Å². The standard InChI is InChI=1S/C9H15IN2/c1-9(2,3)4-5-12-7-8(10)6-11-12/h6-7H,4-5H2,1-3H3. The van der Waals surface area contributed by atoms with Crippen molar-refractivity contribution in [2.24, 2.45) is 5.41 Å². The zero-order valence-corrected chi connectivity index (χ0v) is 10.00. The van der Waals surface area contributed by atoms with E-state index < -0.39 is 0 Å². The van der Waals surface area contributed by atoms with Gasteiger partial charge in [-0.05, 0) is 34.4 Å². The molecular formula is C9H15IN2. The monoisotopic (exact) mass is 278 g/mol. The van der Waals surface area contributed by atoms with E-state index >= 15 is 0 Å². The first kappa shape index (κ1) is 10.0. The van der Waals surface area contributed by atoms with Crippen molar-refractivity contribution >= 4 is 22.6 Å². The molecule has 0 atom stereocenters. The van der Waals surface area contributed by atoms with E-state index in [1.54, 1.807) is 0 Å². The Bertz CT molecular complexity index is 247. The lowest BCUT2D eigenvalue weighted by Crippen LogP contribution is -2.10. The molecule has 12 heavy (non-hydrogen) atoms. The molecule has 0 saturated heterocycles.